The van der Waals surface area contributed by atoms with Crippen LogP contribution in [0.1, 0.15) is 12.5 Å². The summed E-state index contributed by atoms with van der Waals surface area (Å²) in [4.78, 5) is 0. The summed E-state index contributed by atoms with van der Waals surface area (Å²) in [5, 5.41) is 7.58. The van der Waals surface area contributed by atoms with E-state index in [0.29, 0.717) is 23.2 Å². The Morgan fingerprint density at radius 1 is 1.17 bits per heavy atom. The zero-order valence-electron chi connectivity index (χ0n) is 13.1. The van der Waals surface area contributed by atoms with E-state index in [1.54, 1.807) is 13.3 Å². The molecular weight excluding hydrogens is 310 g/mol. The number of thiocarbonyl (C=S) groups is 1. The summed E-state index contributed by atoms with van der Waals surface area (Å²) in [5.74, 6) is 1.38. The van der Waals surface area contributed by atoms with Crippen LogP contribution in [0, 0.1) is 0 Å². The fourth-order valence-corrected chi connectivity index (χ4v) is 2.06. The van der Waals surface area contributed by atoms with Gasteiger partial charge >= 0.3 is 0 Å². The number of rotatable bonds is 6. The van der Waals surface area contributed by atoms with Gasteiger partial charge in [0, 0.05) is 5.69 Å². The van der Waals surface area contributed by atoms with E-state index in [4.69, 9.17) is 21.7 Å². The molecule has 0 aromatic heterocycles. The molecule has 6 heteroatoms. The maximum Gasteiger partial charge on any atom is 0.191 e. The van der Waals surface area contributed by atoms with Crippen LogP contribution >= 0.6 is 12.2 Å². The summed E-state index contributed by atoms with van der Waals surface area (Å²) in [5.41, 5.74) is 4.56. The number of hydrogen-bond acceptors (Lipinski definition) is 4. The van der Waals surface area contributed by atoms with Gasteiger partial charge in [0.1, 0.15) is 0 Å². The van der Waals surface area contributed by atoms with Gasteiger partial charge in [-0.05, 0) is 55.0 Å². The molecule has 23 heavy (non-hydrogen) atoms. The topological polar surface area (TPSA) is 54.9 Å². The molecule has 0 atom stereocenters. The molecule has 2 N–H and O–H groups in total. The van der Waals surface area contributed by atoms with Gasteiger partial charge in [0.25, 0.3) is 0 Å². The first-order valence-corrected chi connectivity index (χ1v) is 7.59. The minimum absolute atomic E-state index is 0.422. The van der Waals surface area contributed by atoms with Gasteiger partial charge in [0.2, 0.25) is 0 Å². The lowest BCUT2D eigenvalue weighted by atomic mass is 10.2. The number of benzene rings is 2. The maximum atomic E-state index is 5.53. The highest BCUT2D eigenvalue weighted by Gasteiger charge is 2.04. The van der Waals surface area contributed by atoms with Crippen LogP contribution in [0.4, 0.5) is 5.69 Å². The Balaban J connectivity index is 1.94. The number of hydrazone groups is 1. The molecule has 0 bridgehead atoms. The molecule has 0 saturated heterocycles. The summed E-state index contributed by atoms with van der Waals surface area (Å²) in [7, 11) is 1.61. The first-order valence-electron chi connectivity index (χ1n) is 7.19. The van der Waals surface area contributed by atoms with E-state index in [1.807, 2.05) is 55.5 Å². The second-order valence-corrected chi connectivity index (χ2v) is 4.94. The molecule has 0 fully saturated rings. The van der Waals surface area contributed by atoms with Crippen molar-refractivity contribution >= 4 is 29.2 Å². The molecule has 0 aliphatic carbocycles. The quantitative estimate of drug-likeness (QED) is 0.483. The molecule has 2 aromatic rings. The number of nitrogens with zero attached hydrogens (tertiary/aromatic N) is 1. The Kier molecular flexibility index (Phi) is 6.38. The van der Waals surface area contributed by atoms with Crippen LogP contribution in [0.3, 0.4) is 0 Å². The van der Waals surface area contributed by atoms with Crippen molar-refractivity contribution in [1.29, 1.82) is 0 Å². The number of ether oxygens (including phenoxy) is 2. The monoisotopic (exact) mass is 329 g/mol. The van der Waals surface area contributed by atoms with Gasteiger partial charge < -0.3 is 14.8 Å². The summed E-state index contributed by atoms with van der Waals surface area (Å²) in [6.07, 6.45) is 1.67. The fraction of sp³-hybridized carbons (Fsp3) is 0.176. The van der Waals surface area contributed by atoms with Crippen LogP contribution in [0.5, 0.6) is 11.5 Å². The smallest absolute Gasteiger partial charge is 0.191 e. The van der Waals surface area contributed by atoms with Crippen molar-refractivity contribution in [3.63, 3.8) is 0 Å². The van der Waals surface area contributed by atoms with Crippen LogP contribution in [-0.2, 0) is 0 Å². The number of methoxy groups -OCH3 is 1. The van der Waals surface area contributed by atoms with Crippen LogP contribution in [0.2, 0.25) is 0 Å². The number of para-hydroxylation sites is 1. The number of anilines is 1. The third-order valence-electron chi connectivity index (χ3n) is 2.90. The molecule has 0 unspecified atom stereocenters. The summed E-state index contributed by atoms with van der Waals surface area (Å²) < 4.78 is 10.8. The lowest BCUT2D eigenvalue weighted by Gasteiger charge is -2.09. The Morgan fingerprint density at radius 2 is 1.96 bits per heavy atom. The van der Waals surface area contributed by atoms with Gasteiger partial charge in [0.05, 0.1) is 19.9 Å². The average Bonchev–Trinajstić information content (AvgIpc) is 2.56. The summed E-state index contributed by atoms with van der Waals surface area (Å²) >= 11 is 5.18. The van der Waals surface area contributed by atoms with E-state index in [9.17, 15) is 0 Å². The molecule has 0 amide bonds. The summed E-state index contributed by atoms with van der Waals surface area (Å²) in [6, 6.07) is 15.3. The number of nitrogens with one attached hydrogen (secondary N) is 2. The highest BCUT2D eigenvalue weighted by atomic mass is 32.1. The molecule has 0 heterocycles. The summed E-state index contributed by atoms with van der Waals surface area (Å²) in [6.45, 7) is 2.50. The van der Waals surface area contributed by atoms with Crippen LogP contribution in [-0.4, -0.2) is 25.0 Å². The maximum absolute atomic E-state index is 5.53. The van der Waals surface area contributed by atoms with Gasteiger partial charge in [0.15, 0.2) is 16.6 Å². The van der Waals surface area contributed by atoms with Crippen LogP contribution in [0.15, 0.2) is 53.6 Å². The van der Waals surface area contributed by atoms with Gasteiger partial charge in [-0.25, -0.2) is 0 Å². The standard InChI is InChI=1S/C17H19N3O2S/c1-3-22-16-11-13(9-10-15(16)21-2)12-18-20-17(23)19-14-7-5-4-6-8-14/h4-12H,3H2,1-2H3,(H2,19,20,23)/b18-12-. The molecule has 2 rings (SSSR count). The van der Waals surface area contributed by atoms with Crippen molar-refractivity contribution in [2.24, 2.45) is 5.10 Å². The van der Waals surface area contributed by atoms with E-state index in [0.717, 1.165) is 11.3 Å². The Hall–Kier alpha value is -2.60. The predicted octanol–water partition coefficient (Wildman–Crippen LogP) is 3.41. The molecule has 0 aliphatic rings. The Bertz CT molecular complexity index is 675. The number of hydrogen-bond donors (Lipinski definition) is 2. The second-order valence-electron chi connectivity index (χ2n) is 4.53. The minimum Gasteiger partial charge on any atom is -0.493 e. The largest absolute Gasteiger partial charge is 0.493 e. The normalized spacial score (nSPS) is 10.3. The Labute approximate surface area is 141 Å². The SMILES string of the molecule is CCOc1cc(/C=N\NC(=S)Nc2ccccc2)ccc1OC. The van der Waals surface area contributed by atoms with E-state index in [2.05, 4.69) is 15.8 Å². The lowest BCUT2D eigenvalue weighted by Crippen LogP contribution is -2.23. The van der Waals surface area contributed by atoms with Gasteiger partial charge in [-0.15, -0.1) is 0 Å². The second kappa shape index (κ2) is 8.75. The fourth-order valence-electron chi connectivity index (χ4n) is 1.89. The van der Waals surface area contributed by atoms with Crippen molar-refractivity contribution in [2.45, 2.75) is 6.92 Å². The van der Waals surface area contributed by atoms with E-state index < -0.39 is 0 Å². The molecule has 0 aliphatic heterocycles. The third-order valence-corrected chi connectivity index (χ3v) is 3.09. The molecule has 0 saturated carbocycles. The molecule has 0 radical (unpaired) electrons. The predicted molar refractivity (Wildman–Crippen MR) is 97.6 cm³/mol. The van der Waals surface area contributed by atoms with E-state index in [-0.39, 0.29) is 0 Å². The third kappa shape index (κ3) is 5.27. The van der Waals surface area contributed by atoms with Crippen LogP contribution in [0.25, 0.3) is 0 Å². The molecule has 120 valence electrons. The Morgan fingerprint density at radius 3 is 2.65 bits per heavy atom. The lowest BCUT2D eigenvalue weighted by molar-refractivity contribution is 0.311. The van der Waals surface area contributed by atoms with Crippen molar-refractivity contribution in [3.8, 4) is 11.5 Å². The van der Waals surface area contributed by atoms with Gasteiger partial charge in [-0.3, -0.25) is 5.43 Å². The van der Waals surface area contributed by atoms with Crippen molar-refractivity contribution in [2.75, 3.05) is 19.0 Å². The molecular formula is C17H19N3O2S. The first kappa shape index (κ1) is 16.8. The van der Waals surface area contributed by atoms with Gasteiger partial charge in [-0.2, -0.15) is 5.10 Å². The van der Waals surface area contributed by atoms with Gasteiger partial charge in [-0.1, -0.05) is 18.2 Å². The zero-order chi connectivity index (χ0) is 16.5. The first-order chi connectivity index (χ1) is 11.2. The minimum atomic E-state index is 0.422. The van der Waals surface area contributed by atoms with E-state index >= 15 is 0 Å². The van der Waals surface area contributed by atoms with E-state index in [1.165, 1.54) is 0 Å². The average molecular weight is 329 g/mol. The molecule has 5 nitrogen and oxygen atoms in total. The highest BCUT2D eigenvalue weighted by molar-refractivity contribution is 7.80. The highest BCUT2D eigenvalue weighted by Crippen LogP contribution is 2.27. The molecule has 2 aromatic carbocycles. The van der Waals surface area contributed by atoms with Crippen molar-refractivity contribution in [3.05, 3.63) is 54.1 Å². The van der Waals surface area contributed by atoms with Crippen molar-refractivity contribution < 1.29 is 9.47 Å². The van der Waals surface area contributed by atoms with Crippen LogP contribution < -0.4 is 20.2 Å². The zero-order valence-corrected chi connectivity index (χ0v) is 13.9. The van der Waals surface area contributed by atoms with Crippen molar-refractivity contribution in [1.82, 2.24) is 5.43 Å². The molecule has 0 spiro atoms.